The first-order chi connectivity index (χ1) is 12.7. The Morgan fingerprint density at radius 2 is 1.88 bits per heavy atom. The molecule has 2 heterocycles. The molecule has 0 spiro atoms. The molecule has 1 amide bonds. The summed E-state index contributed by atoms with van der Waals surface area (Å²) >= 11 is 0. The summed E-state index contributed by atoms with van der Waals surface area (Å²) in [5, 5.41) is 6.95. The number of carbonyl (C=O) groups excluding carboxylic acids is 1. The van der Waals surface area contributed by atoms with E-state index in [0.717, 1.165) is 24.3 Å². The van der Waals surface area contributed by atoms with Gasteiger partial charge in [0, 0.05) is 37.1 Å². The summed E-state index contributed by atoms with van der Waals surface area (Å²) in [5.41, 5.74) is 2.69. The predicted octanol–water partition coefficient (Wildman–Crippen LogP) is 2.44. The van der Waals surface area contributed by atoms with E-state index in [0.29, 0.717) is 17.9 Å². The highest BCUT2D eigenvalue weighted by Crippen LogP contribution is 2.15. The van der Waals surface area contributed by atoms with Crippen LogP contribution in [-0.4, -0.2) is 38.7 Å². The molecule has 0 fully saturated rings. The van der Waals surface area contributed by atoms with Gasteiger partial charge in [0.05, 0.1) is 0 Å². The molecule has 0 aliphatic carbocycles. The van der Waals surface area contributed by atoms with Crippen molar-refractivity contribution in [2.75, 3.05) is 18.0 Å². The van der Waals surface area contributed by atoms with E-state index in [1.165, 1.54) is 6.33 Å². The Morgan fingerprint density at radius 3 is 2.46 bits per heavy atom. The molecular weight excluding hydrogens is 328 g/mol. The number of benzene rings is 1. The van der Waals surface area contributed by atoms with E-state index in [1.54, 1.807) is 17.2 Å². The van der Waals surface area contributed by atoms with Crippen LogP contribution in [0.1, 0.15) is 29.8 Å². The van der Waals surface area contributed by atoms with E-state index in [1.807, 2.05) is 36.4 Å². The van der Waals surface area contributed by atoms with Crippen molar-refractivity contribution in [1.29, 1.82) is 0 Å². The Labute approximate surface area is 152 Å². The number of carbonyl (C=O) groups is 1. The van der Waals surface area contributed by atoms with Crippen LogP contribution in [0.25, 0.3) is 5.82 Å². The van der Waals surface area contributed by atoms with Crippen LogP contribution in [0.3, 0.4) is 0 Å². The maximum atomic E-state index is 12.3. The molecule has 26 heavy (non-hydrogen) atoms. The third-order valence-corrected chi connectivity index (χ3v) is 4.17. The number of amides is 1. The van der Waals surface area contributed by atoms with Crippen LogP contribution in [0.4, 0.5) is 5.69 Å². The molecule has 0 saturated carbocycles. The Hall–Kier alpha value is -3.22. The number of pyridine rings is 1. The normalized spacial score (nSPS) is 10.5. The predicted molar refractivity (Wildman–Crippen MR) is 100 cm³/mol. The van der Waals surface area contributed by atoms with E-state index in [-0.39, 0.29) is 5.91 Å². The summed E-state index contributed by atoms with van der Waals surface area (Å²) in [5.74, 6) is 0.584. The van der Waals surface area contributed by atoms with Gasteiger partial charge in [-0.3, -0.25) is 4.79 Å². The first kappa shape index (κ1) is 17.6. The van der Waals surface area contributed by atoms with Gasteiger partial charge in [0.25, 0.3) is 5.91 Å². The Morgan fingerprint density at radius 1 is 1.12 bits per heavy atom. The van der Waals surface area contributed by atoms with Gasteiger partial charge < -0.3 is 10.2 Å². The van der Waals surface area contributed by atoms with Gasteiger partial charge in [-0.15, -0.1) is 0 Å². The highest BCUT2D eigenvalue weighted by Gasteiger charge is 2.07. The minimum Gasteiger partial charge on any atom is -0.372 e. The van der Waals surface area contributed by atoms with Gasteiger partial charge in [0.2, 0.25) is 0 Å². The van der Waals surface area contributed by atoms with Crippen LogP contribution in [0.15, 0.2) is 55.2 Å². The lowest BCUT2D eigenvalue weighted by atomic mass is 10.1. The molecule has 3 rings (SSSR count). The average molecular weight is 350 g/mol. The molecule has 0 unspecified atom stereocenters. The van der Waals surface area contributed by atoms with Crippen LogP contribution in [0, 0.1) is 0 Å². The van der Waals surface area contributed by atoms with Crippen molar-refractivity contribution in [2.45, 2.75) is 20.4 Å². The van der Waals surface area contributed by atoms with Gasteiger partial charge in [-0.25, -0.2) is 14.6 Å². The number of anilines is 1. The fourth-order valence-corrected chi connectivity index (χ4v) is 2.68. The molecule has 0 saturated heterocycles. The lowest BCUT2D eigenvalue weighted by Crippen LogP contribution is -2.24. The average Bonchev–Trinajstić information content (AvgIpc) is 3.23. The molecule has 2 aromatic heterocycles. The molecular formula is C19H22N6O. The van der Waals surface area contributed by atoms with Crippen LogP contribution in [0.5, 0.6) is 0 Å². The molecule has 3 aromatic rings. The molecule has 0 atom stereocenters. The highest BCUT2D eigenvalue weighted by molar-refractivity contribution is 5.94. The first-order valence-corrected chi connectivity index (χ1v) is 8.64. The topological polar surface area (TPSA) is 75.9 Å². The van der Waals surface area contributed by atoms with Crippen molar-refractivity contribution in [3.8, 4) is 5.82 Å². The van der Waals surface area contributed by atoms with E-state index >= 15 is 0 Å². The SMILES string of the molecule is CCN(CC)c1ccc(C(=O)NCc2ccc(-n3cncn3)nc2)cc1. The molecule has 1 aromatic carbocycles. The Bertz CT molecular complexity index is 823. The zero-order chi connectivity index (χ0) is 18.4. The maximum absolute atomic E-state index is 12.3. The van der Waals surface area contributed by atoms with E-state index in [4.69, 9.17) is 0 Å². The summed E-state index contributed by atoms with van der Waals surface area (Å²) in [4.78, 5) is 22.8. The quantitative estimate of drug-likeness (QED) is 0.708. The Kier molecular flexibility index (Phi) is 5.58. The van der Waals surface area contributed by atoms with Gasteiger partial charge in [-0.05, 0) is 49.7 Å². The molecule has 7 nitrogen and oxygen atoms in total. The molecule has 0 aliphatic rings. The lowest BCUT2D eigenvalue weighted by molar-refractivity contribution is 0.0951. The fraction of sp³-hybridized carbons (Fsp3) is 0.263. The second kappa shape index (κ2) is 8.24. The monoisotopic (exact) mass is 350 g/mol. The number of rotatable bonds is 7. The first-order valence-electron chi connectivity index (χ1n) is 8.64. The van der Waals surface area contributed by atoms with Crippen molar-refractivity contribution in [1.82, 2.24) is 25.1 Å². The number of nitrogens with one attached hydrogen (secondary N) is 1. The summed E-state index contributed by atoms with van der Waals surface area (Å²) in [6.07, 6.45) is 4.77. The molecule has 0 bridgehead atoms. The second-order valence-electron chi connectivity index (χ2n) is 5.77. The summed E-state index contributed by atoms with van der Waals surface area (Å²) in [6.45, 7) is 6.54. The summed E-state index contributed by atoms with van der Waals surface area (Å²) in [7, 11) is 0. The van der Waals surface area contributed by atoms with Gasteiger partial charge in [0.15, 0.2) is 5.82 Å². The van der Waals surface area contributed by atoms with Crippen molar-refractivity contribution >= 4 is 11.6 Å². The van der Waals surface area contributed by atoms with Gasteiger partial charge >= 0.3 is 0 Å². The smallest absolute Gasteiger partial charge is 0.251 e. The van der Waals surface area contributed by atoms with Crippen LogP contribution in [0.2, 0.25) is 0 Å². The summed E-state index contributed by atoms with van der Waals surface area (Å²) in [6, 6.07) is 11.4. The number of hydrogen-bond donors (Lipinski definition) is 1. The summed E-state index contributed by atoms with van der Waals surface area (Å²) < 4.78 is 1.58. The van der Waals surface area contributed by atoms with Crippen LogP contribution < -0.4 is 10.2 Å². The zero-order valence-electron chi connectivity index (χ0n) is 15.0. The van der Waals surface area contributed by atoms with E-state index in [2.05, 4.69) is 39.1 Å². The maximum Gasteiger partial charge on any atom is 0.251 e. The van der Waals surface area contributed by atoms with Gasteiger partial charge in [0.1, 0.15) is 12.7 Å². The number of aromatic nitrogens is 4. The van der Waals surface area contributed by atoms with Crippen molar-refractivity contribution in [2.24, 2.45) is 0 Å². The lowest BCUT2D eigenvalue weighted by Gasteiger charge is -2.21. The zero-order valence-corrected chi connectivity index (χ0v) is 15.0. The Balaban J connectivity index is 1.58. The van der Waals surface area contributed by atoms with E-state index < -0.39 is 0 Å². The number of nitrogens with zero attached hydrogens (tertiary/aromatic N) is 5. The largest absolute Gasteiger partial charge is 0.372 e. The fourth-order valence-electron chi connectivity index (χ4n) is 2.68. The molecule has 0 aliphatic heterocycles. The van der Waals surface area contributed by atoms with Crippen molar-refractivity contribution < 1.29 is 4.79 Å². The van der Waals surface area contributed by atoms with Crippen molar-refractivity contribution in [3.63, 3.8) is 0 Å². The second-order valence-corrected chi connectivity index (χ2v) is 5.77. The van der Waals surface area contributed by atoms with Crippen LogP contribution in [-0.2, 0) is 6.54 Å². The van der Waals surface area contributed by atoms with E-state index in [9.17, 15) is 4.79 Å². The molecule has 7 heteroatoms. The molecule has 134 valence electrons. The number of hydrogen-bond acceptors (Lipinski definition) is 5. The molecule has 1 N–H and O–H groups in total. The van der Waals surface area contributed by atoms with Crippen molar-refractivity contribution in [3.05, 3.63) is 66.4 Å². The van der Waals surface area contributed by atoms with Gasteiger partial charge in [-0.2, -0.15) is 5.10 Å². The van der Waals surface area contributed by atoms with Crippen LogP contribution >= 0.6 is 0 Å². The minimum absolute atomic E-state index is 0.101. The minimum atomic E-state index is -0.101. The van der Waals surface area contributed by atoms with Gasteiger partial charge in [-0.1, -0.05) is 6.07 Å². The third kappa shape index (κ3) is 4.05. The standard InChI is InChI=1S/C19H22N6O/c1-3-24(4-2)17-8-6-16(7-9-17)19(26)22-12-15-5-10-18(21-11-15)25-14-20-13-23-25/h5-11,13-14H,3-4,12H2,1-2H3,(H,22,26). The molecule has 0 radical (unpaired) electrons. The third-order valence-electron chi connectivity index (χ3n) is 4.17. The highest BCUT2D eigenvalue weighted by atomic mass is 16.1.